The van der Waals surface area contributed by atoms with Crippen molar-refractivity contribution in [2.24, 2.45) is 5.92 Å². The first-order chi connectivity index (χ1) is 5.65. The van der Waals surface area contributed by atoms with Gasteiger partial charge in [-0.1, -0.05) is 13.3 Å². The van der Waals surface area contributed by atoms with Crippen molar-refractivity contribution in [2.75, 3.05) is 13.1 Å². The number of nitrogens with zero attached hydrogens (tertiary/aromatic N) is 1. The molecule has 1 heterocycles. The predicted molar refractivity (Wildman–Crippen MR) is 41.0 cm³/mol. The summed E-state index contributed by atoms with van der Waals surface area (Å²) in [7, 11) is 0. The van der Waals surface area contributed by atoms with Crippen LogP contribution in [0.25, 0.3) is 0 Å². The van der Waals surface area contributed by atoms with Crippen molar-refractivity contribution in [3.63, 3.8) is 0 Å². The minimum atomic E-state index is -2.83. The number of hydrogen-bond acceptors (Lipinski definition) is 1. The van der Waals surface area contributed by atoms with E-state index in [1.54, 1.807) is 0 Å². The fourth-order valence-electron chi connectivity index (χ4n) is 1.50. The van der Waals surface area contributed by atoms with Crippen LogP contribution in [0.15, 0.2) is 0 Å². The van der Waals surface area contributed by atoms with Crippen LogP contribution in [-0.4, -0.2) is 30.3 Å². The Morgan fingerprint density at radius 1 is 1.67 bits per heavy atom. The third-order valence-corrected chi connectivity index (χ3v) is 2.36. The SMILES string of the molecule is CC[C@H]1CCN(C(=O)C(F)F)C1. The molecule has 0 aromatic heterocycles. The molecule has 1 aliphatic heterocycles. The highest BCUT2D eigenvalue weighted by atomic mass is 19.3. The van der Waals surface area contributed by atoms with Crippen molar-refractivity contribution in [2.45, 2.75) is 26.2 Å². The summed E-state index contributed by atoms with van der Waals surface area (Å²) in [6, 6.07) is 0. The second-order valence-electron chi connectivity index (χ2n) is 3.15. The van der Waals surface area contributed by atoms with Crippen molar-refractivity contribution < 1.29 is 13.6 Å². The Labute approximate surface area is 70.5 Å². The van der Waals surface area contributed by atoms with Crippen LogP contribution in [0.3, 0.4) is 0 Å². The second-order valence-corrected chi connectivity index (χ2v) is 3.15. The lowest BCUT2D eigenvalue weighted by molar-refractivity contribution is -0.141. The quantitative estimate of drug-likeness (QED) is 0.626. The Morgan fingerprint density at radius 2 is 2.33 bits per heavy atom. The van der Waals surface area contributed by atoms with E-state index in [2.05, 4.69) is 0 Å². The van der Waals surface area contributed by atoms with E-state index >= 15 is 0 Å². The molecule has 0 radical (unpaired) electrons. The van der Waals surface area contributed by atoms with Gasteiger partial charge in [0.25, 0.3) is 5.91 Å². The first-order valence-corrected chi connectivity index (χ1v) is 4.22. The number of hydrogen-bond donors (Lipinski definition) is 0. The average molecular weight is 177 g/mol. The minimum absolute atomic E-state index is 0.424. The molecule has 4 heteroatoms. The van der Waals surface area contributed by atoms with Gasteiger partial charge in [-0.15, -0.1) is 0 Å². The molecule has 1 amide bonds. The summed E-state index contributed by atoms with van der Waals surface area (Å²) in [6.07, 6.45) is -0.997. The molecular weight excluding hydrogens is 164 g/mol. The molecular formula is C8H13F2NO. The van der Waals surface area contributed by atoms with Gasteiger partial charge in [-0.2, -0.15) is 8.78 Å². The molecule has 0 aliphatic carbocycles. The van der Waals surface area contributed by atoms with Gasteiger partial charge in [-0.3, -0.25) is 4.79 Å². The number of rotatable bonds is 2. The van der Waals surface area contributed by atoms with Crippen LogP contribution in [0.1, 0.15) is 19.8 Å². The van der Waals surface area contributed by atoms with Crippen LogP contribution >= 0.6 is 0 Å². The van der Waals surface area contributed by atoms with Crippen LogP contribution < -0.4 is 0 Å². The minimum Gasteiger partial charge on any atom is -0.337 e. The van der Waals surface area contributed by atoms with Gasteiger partial charge in [0.15, 0.2) is 0 Å². The Bertz CT molecular complexity index is 172. The zero-order chi connectivity index (χ0) is 9.14. The molecule has 1 rings (SSSR count). The highest BCUT2D eigenvalue weighted by Gasteiger charge is 2.29. The summed E-state index contributed by atoms with van der Waals surface area (Å²) in [5.41, 5.74) is 0. The van der Waals surface area contributed by atoms with E-state index in [9.17, 15) is 13.6 Å². The van der Waals surface area contributed by atoms with Gasteiger partial charge in [0.05, 0.1) is 0 Å². The average Bonchev–Trinajstić information content (AvgIpc) is 2.50. The summed E-state index contributed by atoms with van der Waals surface area (Å²) in [5, 5.41) is 0. The number of carbonyl (C=O) groups is 1. The van der Waals surface area contributed by atoms with Crippen molar-refractivity contribution >= 4 is 5.91 Å². The van der Waals surface area contributed by atoms with Gasteiger partial charge in [0.2, 0.25) is 0 Å². The molecule has 12 heavy (non-hydrogen) atoms. The lowest BCUT2D eigenvalue weighted by Crippen LogP contribution is -2.33. The Balaban J connectivity index is 2.41. The number of alkyl halides is 2. The molecule has 0 bridgehead atoms. The molecule has 0 aromatic rings. The van der Waals surface area contributed by atoms with Gasteiger partial charge >= 0.3 is 6.43 Å². The zero-order valence-electron chi connectivity index (χ0n) is 7.09. The topological polar surface area (TPSA) is 20.3 Å². The van der Waals surface area contributed by atoms with Crippen LogP contribution in [0.4, 0.5) is 8.78 Å². The molecule has 1 atom stereocenters. The Morgan fingerprint density at radius 3 is 2.75 bits per heavy atom. The largest absolute Gasteiger partial charge is 0.337 e. The predicted octanol–water partition coefficient (Wildman–Crippen LogP) is 1.51. The number of amides is 1. The molecule has 0 aromatic carbocycles. The number of likely N-dealkylation sites (tertiary alicyclic amines) is 1. The maximum absolute atomic E-state index is 11.9. The highest BCUT2D eigenvalue weighted by Crippen LogP contribution is 2.20. The van der Waals surface area contributed by atoms with Crippen molar-refractivity contribution in [1.29, 1.82) is 0 Å². The van der Waals surface area contributed by atoms with E-state index in [4.69, 9.17) is 0 Å². The third-order valence-electron chi connectivity index (χ3n) is 2.36. The smallest absolute Gasteiger partial charge is 0.315 e. The Hall–Kier alpha value is -0.670. The lowest BCUT2D eigenvalue weighted by atomic mass is 10.1. The van der Waals surface area contributed by atoms with E-state index in [0.29, 0.717) is 19.0 Å². The highest BCUT2D eigenvalue weighted by molar-refractivity contribution is 5.79. The summed E-state index contributed by atoms with van der Waals surface area (Å²) in [5.74, 6) is -0.585. The fraction of sp³-hybridized carbons (Fsp3) is 0.875. The second kappa shape index (κ2) is 3.83. The van der Waals surface area contributed by atoms with E-state index in [0.717, 1.165) is 12.8 Å². The Kier molecular flexibility index (Phi) is 3.00. The molecule has 2 nitrogen and oxygen atoms in total. The molecule has 0 spiro atoms. The monoisotopic (exact) mass is 177 g/mol. The van der Waals surface area contributed by atoms with E-state index < -0.39 is 12.3 Å². The van der Waals surface area contributed by atoms with Gasteiger partial charge < -0.3 is 4.90 Å². The summed E-state index contributed by atoms with van der Waals surface area (Å²) in [6.45, 7) is 3.03. The van der Waals surface area contributed by atoms with Gasteiger partial charge in [0.1, 0.15) is 0 Å². The maximum Gasteiger partial charge on any atom is 0.315 e. The molecule has 1 fully saturated rings. The standard InChI is InChI=1S/C8H13F2NO/c1-2-6-3-4-11(5-6)8(12)7(9)10/h6-7H,2-5H2,1H3/t6-/m0/s1. The van der Waals surface area contributed by atoms with Crippen LogP contribution in [0.2, 0.25) is 0 Å². The fourth-order valence-corrected chi connectivity index (χ4v) is 1.50. The lowest BCUT2D eigenvalue weighted by Gasteiger charge is -2.14. The molecule has 0 saturated carbocycles. The summed E-state index contributed by atoms with van der Waals surface area (Å²) < 4.78 is 23.8. The molecule has 70 valence electrons. The number of halogens is 2. The van der Waals surface area contributed by atoms with Crippen molar-refractivity contribution in [3.8, 4) is 0 Å². The van der Waals surface area contributed by atoms with Crippen LogP contribution in [0, 0.1) is 5.92 Å². The molecule has 1 aliphatic rings. The zero-order valence-corrected chi connectivity index (χ0v) is 7.09. The molecule has 0 N–H and O–H groups in total. The van der Waals surface area contributed by atoms with E-state index in [1.807, 2.05) is 6.92 Å². The van der Waals surface area contributed by atoms with E-state index in [1.165, 1.54) is 4.90 Å². The maximum atomic E-state index is 11.9. The van der Waals surface area contributed by atoms with Crippen molar-refractivity contribution in [3.05, 3.63) is 0 Å². The third kappa shape index (κ3) is 1.93. The molecule has 0 unspecified atom stereocenters. The normalized spacial score (nSPS) is 23.7. The van der Waals surface area contributed by atoms with Crippen LogP contribution in [0.5, 0.6) is 0 Å². The molecule has 1 saturated heterocycles. The first-order valence-electron chi connectivity index (χ1n) is 4.22. The summed E-state index contributed by atoms with van der Waals surface area (Å²) >= 11 is 0. The first kappa shape index (κ1) is 9.42. The number of carbonyl (C=O) groups excluding carboxylic acids is 1. The van der Waals surface area contributed by atoms with Gasteiger partial charge in [-0.05, 0) is 12.3 Å². The van der Waals surface area contributed by atoms with Gasteiger partial charge in [-0.25, -0.2) is 0 Å². The van der Waals surface area contributed by atoms with E-state index in [-0.39, 0.29) is 0 Å². The summed E-state index contributed by atoms with van der Waals surface area (Å²) in [4.78, 5) is 12.0. The van der Waals surface area contributed by atoms with Crippen LogP contribution in [-0.2, 0) is 4.79 Å². The van der Waals surface area contributed by atoms with Gasteiger partial charge in [0, 0.05) is 13.1 Å². The van der Waals surface area contributed by atoms with Crippen molar-refractivity contribution in [1.82, 2.24) is 4.90 Å².